The molecule has 0 bridgehead atoms. The summed E-state index contributed by atoms with van der Waals surface area (Å²) in [6.07, 6.45) is -0.579. The molecule has 19 heavy (non-hydrogen) atoms. The van der Waals surface area contributed by atoms with E-state index in [0.29, 0.717) is 24.7 Å². The fraction of sp³-hybridized carbons (Fsp3) is 0.600. The first-order chi connectivity index (χ1) is 8.83. The third kappa shape index (κ3) is 5.49. The third-order valence-electron chi connectivity index (χ3n) is 2.55. The van der Waals surface area contributed by atoms with E-state index < -0.39 is 6.10 Å². The number of benzene rings is 1. The van der Waals surface area contributed by atoms with Crippen LogP contribution in [-0.2, 0) is 4.74 Å². The van der Waals surface area contributed by atoms with Crippen molar-refractivity contribution in [3.63, 3.8) is 0 Å². The second-order valence-electron chi connectivity index (χ2n) is 5.39. The van der Waals surface area contributed by atoms with Crippen LogP contribution in [0.1, 0.15) is 39.4 Å². The molecule has 1 rings (SSSR count). The van der Waals surface area contributed by atoms with Gasteiger partial charge in [0.2, 0.25) is 0 Å². The minimum atomic E-state index is -0.579. The third-order valence-corrected chi connectivity index (χ3v) is 2.55. The summed E-state index contributed by atoms with van der Waals surface area (Å²) in [5.74, 6) is 1.34. The van der Waals surface area contributed by atoms with Crippen molar-refractivity contribution in [3.05, 3.63) is 23.8 Å². The Morgan fingerprint density at radius 3 is 2.42 bits per heavy atom. The molecule has 4 heteroatoms. The standard InChI is InChI=1S/C15H24O4/c1-11(16)13-7-6-12(17-5)10-14(13)18-8-9-19-15(2,3)4/h6-7,10-11,16H,8-9H2,1-5H3/t11-/m0/s1. The summed E-state index contributed by atoms with van der Waals surface area (Å²) < 4.78 is 16.4. The second kappa shape index (κ2) is 6.78. The maximum absolute atomic E-state index is 9.70. The molecule has 0 fully saturated rings. The number of aliphatic hydroxyl groups excluding tert-OH is 1. The number of hydrogen-bond donors (Lipinski definition) is 1. The maximum atomic E-state index is 9.70. The van der Waals surface area contributed by atoms with Crippen LogP contribution in [0.4, 0.5) is 0 Å². The van der Waals surface area contributed by atoms with E-state index >= 15 is 0 Å². The summed E-state index contributed by atoms with van der Waals surface area (Å²) in [5.41, 5.74) is 0.571. The van der Waals surface area contributed by atoms with Crippen LogP contribution in [-0.4, -0.2) is 31.0 Å². The van der Waals surface area contributed by atoms with Crippen LogP contribution in [0.2, 0.25) is 0 Å². The Balaban J connectivity index is 2.65. The SMILES string of the molecule is COc1ccc([C@H](C)O)c(OCCOC(C)(C)C)c1. The molecule has 0 saturated heterocycles. The fourth-order valence-corrected chi connectivity index (χ4v) is 1.61. The smallest absolute Gasteiger partial charge is 0.128 e. The van der Waals surface area contributed by atoms with Gasteiger partial charge in [0.15, 0.2) is 0 Å². The quantitative estimate of drug-likeness (QED) is 0.806. The van der Waals surface area contributed by atoms with Crippen molar-refractivity contribution in [2.45, 2.75) is 39.4 Å². The zero-order valence-electron chi connectivity index (χ0n) is 12.4. The van der Waals surface area contributed by atoms with Crippen LogP contribution in [0.15, 0.2) is 18.2 Å². The number of aliphatic hydroxyl groups is 1. The molecule has 0 radical (unpaired) electrons. The number of rotatable bonds is 6. The maximum Gasteiger partial charge on any atom is 0.128 e. The van der Waals surface area contributed by atoms with E-state index in [0.717, 1.165) is 5.56 Å². The highest BCUT2D eigenvalue weighted by molar-refractivity contribution is 5.41. The molecule has 0 aliphatic heterocycles. The summed E-state index contributed by atoms with van der Waals surface area (Å²) in [4.78, 5) is 0. The van der Waals surface area contributed by atoms with Crippen molar-refractivity contribution in [2.24, 2.45) is 0 Å². The Bertz CT molecular complexity index is 394. The summed E-state index contributed by atoms with van der Waals surface area (Å²) >= 11 is 0. The molecule has 4 nitrogen and oxygen atoms in total. The van der Waals surface area contributed by atoms with Crippen LogP contribution in [0.3, 0.4) is 0 Å². The van der Waals surface area contributed by atoms with Crippen molar-refractivity contribution in [2.75, 3.05) is 20.3 Å². The predicted molar refractivity (Wildman–Crippen MR) is 74.8 cm³/mol. The van der Waals surface area contributed by atoms with Crippen LogP contribution < -0.4 is 9.47 Å². The highest BCUT2D eigenvalue weighted by Gasteiger charge is 2.12. The molecule has 0 amide bonds. The van der Waals surface area contributed by atoms with Gasteiger partial charge >= 0.3 is 0 Å². The molecule has 0 saturated carbocycles. The monoisotopic (exact) mass is 268 g/mol. The average Bonchev–Trinajstić information content (AvgIpc) is 2.33. The molecule has 0 aromatic heterocycles. The molecule has 0 aliphatic rings. The normalized spacial score (nSPS) is 13.2. The molecule has 1 atom stereocenters. The van der Waals surface area contributed by atoms with Gasteiger partial charge in [-0.2, -0.15) is 0 Å². The molecule has 0 spiro atoms. The molecule has 1 N–H and O–H groups in total. The Morgan fingerprint density at radius 1 is 1.21 bits per heavy atom. The summed E-state index contributed by atoms with van der Waals surface area (Å²) in [5, 5.41) is 9.70. The average molecular weight is 268 g/mol. The van der Waals surface area contributed by atoms with Gasteiger partial charge in [-0.1, -0.05) is 0 Å². The minimum absolute atomic E-state index is 0.176. The molecular weight excluding hydrogens is 244 g/mol. The van der Waals surface area contributed by atoms with Crippen LogP contribution in [0.5, 0.6) is 11.5 Å². The second-order valence-corrected chi connectivity index (χ2v) is 5.39. The lowest BCUT2D eigenvalue weighted by Crippen LogP contribution is -2.22. The van der Waals surface area contributed by atoms with Gasteiger partial charge in [-0.05, 0) is 39.8 Å². The Hall–Kier alpha value is -1.26. The predicted octanol–water partition coefficient (Wildman–Crippen LogP) is 2.94. The number of ether oxygens (including phenoxy) is 3. The Labute approximate surface area is 115 Å². The summed E-state index contributed by atoms with van der Waals surface area (Å²) in [7, 11) is 1.60. The van der Waals surface area contributed by atoms with Crippen molar-refractivity contribution in [1.29, 1.82) is 0 Å². The first-order valence-corrected chi connectivity index (χ1v) is 6.46. The topological polar surface area (TPSA) is 47.9 Å². The lowest BCUT2D eigenvalue weighted by molar-refractivity contribution is -0.0166. The molecule has 0 heterocycles. The highest BCUT2D eigenvalue weighted by Crippen LogP contribution is 2.29. The summed E-state index contributed by atoms with van der Waals surface area (Å²) in [6.45, 7) is 8.64. The van der Waals surface area contributed by atoms with E-state index in [9.17, 15) is 5.11 Å². The largest absolute Gasteiger partial charge is 0.497 e. The van der Waals surface area contributed by atoms with Crippen LogP contribution >= 0.6 is 0 Å². The zero-order chi connectivity index (χ0) is 14.5. The van der Waals surface area contributed by atoms with Gasteiger partial charge in [-0.3, -0.25) is 0 Å². The zero-order valence-corrected chi connectivity index (χ0v) is 12.4. The van der Waals surface area contributed by atoms with Crippen molar-refractivity contribution in [1.82, 2.24) is 0 Å². The van der Waals surface area contributed by atoms with E-state index in [1.165, 1.54) is 0 Å². The van der Waals surface area contributed by atoms with Gasteiger partial charge in [-0.25, -0.2) is 0 Å². The minimum Gasteiger partial charge on any atom is -0.497 e. The Kier molecular flexibility index (Phi) is 5.63. The lowest BCUT2D eigenvalue weighted by atomic mass is 10.1. The van der Waals surface area contributed by atoms with Crippen LogP contribution in [0, 0.1) is 0 Å². The first-order valence-electron chi connectivity index (χ1n) is 6.46. The van der Waals surface area contributed by atoms with Crippen molar-refractivity contribution >= 4 is 0 Å². The number of hydrogen-bond acceptors (Lipinski definition) is 4. The van der Waals surface area contributed by atoms with Gasteiger partial charge in [0.25, 0.3) is 0 Å². The first kappa shape index (κ1) is 15.8. The molecule has 0 aliphatic carbocycles. The summed E-state index contributed by atoms with van der Waals surface area (Å²) in [6, 6.07) is 5.39. The molecule has 1 aromatic rings. The van der Waals surface area contributed by atoms with Gasteiger partial charge < -0.3 is 19.3 Å². The van der Waals surface area contributed by atoms with E-state index in [2.05, 4.69) is 0 Å². The van der Waals surface area contributed by atoms with Gasteiger partial charge in [0.05, 0.1) is 25.4 Å². The van der Waals surface area contributed by atoms with Crippen LogP contribution in [0.25, 0.3) is 0 Å². The molecular formula is C15H24O4. The van der Waals surface area contributed by atoms with Crippen molar-refractivity contribution in [3.8, 4) is 11.5 Å². The van der Waals surface area contributed by atoms with E-state index in [1.807, 2.05) is 26.8 Å². The Morgan fingerprint density at radius 2 is 1.89 bits per heavy atom. The van der Waals surface area contributed by atoms with Gasteiger partial charge in [0.1, 0.15) is 18.1 Å². The van der Waals surface area contributed by atoms with E-state index in [-0.39, 0.29) is 5.60 Å². The molecule has 0 unspecified atom stereocenters. The molecule has 1 aromatic carbocycles. The van der Waals surface area contributed by atoms with Crippen molar-refractivity contribution < 1.29 is 19.3 Å². The lowest BCUT2D eigenvalue weighted by Gasteiger charge is -2.20. The molecule has 108 valence electrons. The number of methoxy groups -OCH3 is 1. The fourth-order valence-electron chi connectivity index (χ4n) is 1.61. The van der Waals surface area contributed by atoms with Gasteiger partial charge in [-0.15, -0.1) is 0 Å². The van der Waals surface area contributed by atoms with E-state index in [4.69, 9.17) is 14.2 Å². The van der Waals surface area contributed by atoms with E-state index in [1.54, 1.807) is 26.2 Å². The highest BCUT2D eigenvalue weighted by atomic mass is 16.5. The van der Waals surface area contributed by atoms with Gasteiger partial charge in [0, 0.05) is 11.6 Å².